The highest BCUT2D eigenvalue weighted by Crippen LogP contribution is 2.23. The summed E-state index contributed by atoms with van der Waals surface area (Å²) in [6, 6.07) is 8.05. The molecule has 0 aliphatic rings. The van der Waals surface area contributed by atoms with E-state index in [1.165, 1.54) is 16.9 Å². The molecule has 0 saturated heterocycles. The van der Waals surface area contributed by atoms with Gasteiger partial charge in [-0.15, -0.1) is 0 Å². The molecule has 7 heteroatoms. The number of fused-ring (bicyclic) bond motifs is 1. The normalized spacial score (nSPS) is 10.9. The van der Waals surface area contributed by atoms with Crippen molar-refractivity contribution in [1.29, 1.82) is 0 Å². The number of nitrogen functional groups attached to an aromatic ring is 1. The summed E-state index contributed by atoms with van der Waals surface area (Å²) in [7, 11) is 1.67. The zero-order valence-corrected chi connectivity index (χ0v) is 13.1. The maximum absolute atomic E-state index is 5.66. The Labute approximate surface area is 130 Å². The van der Waals surface area contributed by atoms with Gasteiger partial charge < -0.3 is 15.5 Å². The van der Waals surface area contributed by atoms with Crippen molar-refractivity contribution >= 4 is 39.9 Å². The minimum absolute atomic E-state index is 0.329. The number of ether oxygens (including phenoxy) is 1. The van der Waals surface area contributed by atoms with Crippen molar-refractivity contribution in [1.82, 2.24) is 15.0 Å². The van der Waals surface area contributed by atoms with Crippen molar-refractivity contribution < 1.29 is 4.74 Å². The fraction of sp³-hybridized carbons (Fsp3) is 0.214. The van der Waals surface area contributed by atoms with E-state index in [0.717, 1.165) is 33.9 Å². The molecule has 0 atom stereocenters. The van der Waals surface area contributed by atoms with Gasteiger partial charge >= 0.3 is 0 Å². The largest absolute Gasteiger partial charge is 0.497 e. The molecule has 1 aromatic carbocycles. The lowest BCUT2D eigenvalue weighted by Gasteiger charge is -2.02. The molecule has 21 heavy (non-hydrogen) atoms. The number of rotatable bonds is 4. The molecule has 2 heterocycles. The first kappa shape index (κ1) is 14.0. The molecule has 0 aliphatic carbocycles. The molecule has 0 aliphatic heterocycles. The molecule has 2 aromatic heterocycles. The highest BCUT2D eigenvalue weighted by molar-refractivity contribution is 7.71. The van der Waals surface area contributed by atoms with Gasteiger partial charge in [-0.3, -0.25) is 0 Å². The number of aromatic nitrogens is 3. The van der Waals surface area contributed by atoms with E-state index in [-0.39, 0.29) is 0 Å². The van der Waals surface area contributed by atoms with Gasteiger partial charge in [-0.05, 0) is 24.1 Å². The van der Waals surface area contributed by atoms with E-state index in [1.807, 2.05) is 18.2 Å². The number of hydrogen-bond donors (Lipinski definition) is 2. The Bertz CT molecular complexity index is 840. The highest BCUT2D eigenvalue weighted by Gasteiger charge is 2.08. The van der Waals surface area contributed by atoms with E-state index in [0.29, 0.717) is 10.6 Å². The van der Waals surface area contributed by atoms with Crippen LogP contribution in [-0.4, -0.2) is 22.1 Å². The number of methoxy groups -OCH3 is 1. The smallest absolute Gasteiger partial charge is 0.199 e. The molecule has 0 bridgehead atoms. The SMILES string of the molecule is COc1cccc(CCc2nc3c(=S)[nH]c(N)nc3s2)c1. The molecular formula is C14H14N4OS2. The Kier molecular flexibility index (Phi) is 3.85. The van der Waals surface area contributed by atoms with E-state index in [2.05, 4.69) is 21.0 Å². The van der Waals surface area contributed by atoms with E-state index in [4.69, 9.17) is 22.7 Å². The van der Waals surface area contributed by atoms with Crippen LogP contribution in [0, 0.1) is 4.64 Å². The molecule has 3 rings (SSSR count). The van der Waals surface area contributed by atoms with Crippen molar-refractivity contribution in [3.63, 3.8) is 0 Å². The summed E-state index contributed by atoms with van der Waals surface area (Å²) < 4.78 is 5.77. The molecule has 108 valence electrons. The van der Waals surface area contributed by atoms with Crippen LogP contribution in [-0.2, 0) is 12.8 Å². The number of nitrogens with one attached hydrogen (secondary N) is 1. The van der Waals surface area contributed by atoms with Crippen LogP contribution in [0.4, 0.5) is 5.95 Å². The molecule has 0 spiro atoms. The number of thiazole rings is 1. The van der Waals surface area contributed by atoms with Gasteiger partial charge in [-0.2, -0.15) is 0 Å². The van der Waals surface area contributed by atoms with Gasteiger partial charge in [0.2, 0.25) is 0 Å². The topological polar surface area (TPSA) is 76.8 Å². The van der Waals surface area contributed by atoms with Crippen molar-refractivity contribution in [3.8, 4) is 5.75 Å². The third-order valence-electron chi connectivity index (χ3n) is 3.09. The summed E-state index contributed by atoms with van der Waals surface area (Å²) in [6.07, 6.45) is 1.73. The molecule has 5 nitrogen and oxygen atoms in total. The highest BCUT2D eigenvalue weighted by atomic mass is 32.1. The number of aromatic amines is 1. The second-order valence-electron chi connectivity index (χ2n) is 4.56. The fourth-order valence-electron chi connectivity index (χ4n) is 2.08. The first-order valence-electron chi connectivity index (χ1n) is 6.44. The van der Waals surface area contributed by atoms with Crippen LogP contribution in [0.25, 0.3) is 10.3 Å². The fourth-order valence-corrected chi connectivity index (χ4v) is 3.34. The van der Waals surface area contributed by atoms with Gasteiger partial charge in [0.1, 0.15) is 15.9 Å². The van der Waals surface area contributed by atoms with Crippen molar-refractivity contribution in [2.24, 2.45) is 0 Å². The first-order valence-corrected chi connectivity index (χ1v) is 7.66. The lowest BCUT2D eigenvalue weighted by molar-refractivity contribution is 0.414. The van der Waals surface area contributed by atoms with Crippen LogP contribution in [0.5, 0.6) is 5.75 Å². The van der Waals surface area contributed by atoms with Crippen LogP contribution >= 0.6 is 23.6 Å². The minimum Gasteiger partial charge on any atom is -0.497 e. The van der Waals surface area contributed by atoms with Gasteiger partial charge in [0, 0.05) is 6.42 Å². The maximum atomic E-state index is 5.66. The van der Waals surface area contributed by atoms with Crippen molar-refractivity contribution in [2.75, 3.05) is 12.8 Å². The molecular weight excluding hydrogens is 304 g/mol. The van der Waals surface area contributed by atoms with Gasteiger partial charge in [0.15, 0.2) is 10.8 Å². The lowest BCUT2D eigenvalue weighted by Crippen LogP contribution is -1.94. The molecule has 0 saturated carbocycles. The third kappa shape index (κ3) is 3.03. The monoisotopic (exact) mass is 318 g/mol. The molecule has 0 fully saturated rings. The summed E-state index contributed by atoms with van der Waals surface area (Å²) in [5.74, 6) is 1.20. The van der Waals surface area contributed by atoms with Gasteiger partial charge in [0.05, 0.1) is 12.1 Å². The predicted octanol–water partition coefficient (Wildman–Crippen LogP) is 3.12. The average molecular weight is 318 g/mol. The summed E-state index contributed by atoms with van der Waals surface area (Å²) >= 11 is 6.75. The molecule has 0 amide bonds. The van der Waals surface area contributed by atoms with Crippen molar-refractivity contribution in [3.05, 3.63) is 39.5 Å². The maximum Gasteiger partial charge on any atom is 0.199 e. The van der Waals surface area contributed by atoms with Crippen molar-refractivity contribution in [2.45, 2.75) is 12.8 Å². The zero-order valence-electron chi connectivity index (χ0n) is 11.4. The molecule has 0 unspecified atom stereocenters. The van der Waals surface area contributed by atoms with E-state index >= 15 is 0 Å². The first-order chi connectivity index (χ1) is 10.2. The van der Waals surface area contributed by atoms with Crippen LogP contribution in [0.2, 0.25) is 0 Å². The predicted molar refractivity (Wildman–Crippen MR) is 87.4 cm³/mol. The minimum atomic E-state index is 0.329. The van der Waals surface area contributed by atoms with E-state index < -0.39 is 0 Å². The molecule has 3 aromatic rings. The third-order valence-corrected chi connectivity index (χ3v) is 4.40. The van der Waals surface area contributed by atoms with E-state index in [9.17, 15) is 0 Å². The molecule has 3 N–H and O–H groups in total. The number of aryl methyl sites for hydroxylation is 2. The van der Waals surface area contributed by atoms with Crippen LogP contribution in [0.1, 0.15) is 10.6 Å². The number of hydrogen-bond acceptors (Lipinski definition) is 6. The van der Waals surface area contributed by atoms with Crippen LogP contribution in [0.3, 0.4) is 0 Å². The quantitative estimate of drug-likeness (QED) is 0.723. The van der Waals surface area contributed by atoms with Gasteiger partial charge in [-0.1, -0.05) is 35.7 Å². The standard InChI is InChI=1S/C14H14N4OS2/c1-19-9-4-2-3-8(7-9)5-6-10-16-11-12(20)17-14(15)18-13(11)21-10/h2-4,7H,5-6H2,1H3,(H3,15,17,18,20). The number of H-pyrrole nitrogens is 1. The Morgan fingerprint density at radius 2 is 2.19 bits per heavy atom. The number of nitrogens with zero attached hydrogens (tertiary/aromatic N) is 2. The lowest BCUT2D eigenvalue weighted by atomic mass is 10.1. The summed E-state index contributed by atoms with van der Waals surface area (Å²) in [6.45, 7) is 0. The second kappa shape index (κ2) is 5.79. The summed E-state index contributed by atoms with van der Waals surface area (Å²) in [4.78, 5) is 12.4. The number of anilines is 1. The summed E-state index contributed by atoms with van der Waals surface area (Å²) in [5.41, 5.74) is 7.60. The van der Waals surface area contributed by atoms with E-state index in [1.54, 1.807) is 7.11 Å². The zero-order chi connectivity index (χ0) is 14.8. The van der Waals surface area contributed by atoms with Crippen LogP contribution in [0.15, 0.2) is 24.3 Å². The average Bonchev–Trinajstić information content (AvgIpc) is 2.88. The Morgan fingerprint density at radius 1 is 1.33 bits per heavy atom. The number of nitrogens with two attached hydrogens (primary N) is 1. The second-order valence-corrected chi connectivity index (χ2v) is 6.03. The molecule has 0 radical (unpaired) electrons. The van der Waals surface area contributed by atoms with Gasteiger partial charge in [0.25, 0.3) is 0 Å². The van der Waals surface area contributed by atoms with Crippen LogP contribution < -0.4 is 10.5 Å². The summed E-state index contributed by atoms with van der Waals surface area (Å²) in [5, 5.41) is 1.01. The Morgan fingerprint density at radius 3 is 3.00 bits per heavy atom. The Hall–Kier alpha value is -1.99. The number of benzene rings is 1. The van der Waals surface area contributed by atoms with Gasteiger partial charge in [-0.25, -0.2) is 9.97 Å². The Balaban J connectivity index is 1.82.